The number of carbonyl (C=O) groups is 2. The van der Waals surface area contributed by atoms with Crippen molar-refractivity contribution in [3.63, 3.8) is 0 Å². The van der Waals surface area contributed by atoms with Gasteiger partial charge in [0.25, 0.3) is 5.91 Å². The summed E-state index contributed by atoms with van der Waals surface area (Å²) in [5, 5.41) is 5.54. The van der Waals surface area contributed by atoms with E-state index in [9.17, 15) is 18.4 Å². The van der Waals surface area contributed by atoms with Gasteiger partial charge >= 0.3 is 0 Å². The van der Waals surface area contributed by atoms with E-state index in [0.29, 0.717) is 18.7 Å². The van der Waals surface area contributed by atoms with Crippen LogP contribution in [0.4, 0.5) is 8.78 Å². The predicted octanol–water partition coefficient (Wildman–Crippen LogP) is 2.45. The zero-order chi connectivity index (χ0) is 18.2. The number of hydrogen-bond acceptors (Lipinski definition) is 2. The zero-order valence-corrected chi connectivity index (χ0v) is 14.2. The SMILES string of the molecule is Cc1cc2ccc(CCC(F)F)cn2c1C(=O)NC1(C)CCNC1=O. The summed E-state index contributed by atoms with van der Waals surface area (Å²) in [6.45, 7) is 4.05. The second-order valence-electron chi connectivity index (χ2n) is 6.73. The van der Waals surface area contributed by atoms with Gasteiger partial charge in [-0.3, -0.25) is 9.59 Å². The highest BCUT2D eigenvalue weighted by Gasteiger charge is 2.39. The van der Waals surface area contributed by atoms with E-state index < -0.39 is 12.0 Å². The minimum absolute atomic E-state index is 0.197. The number of nitrogens with one attached hydrogen (secondary N) is 2. The van der Waals surface area contributed by atoms with E-state index in [-0.39, 0.29) is 24.7 Å². The molecular formula is C18H21F2N3O2. The molecule has 5 nitrogen and oxygen atoms in total. The molecule has 25 heavy (non-hydrogen) atoms. The minimum atomic E-state index is -2.36. The first-order chi connectivity index (χ1) is 11.8. The molecule has 2 N–H and O–H groups in total. The van der Waals surface area contributed by atoms with E-state index in [4.69, 9.17) is 0 Å². The average Bonchev–Trinajstić information content (AvgIpc) is 3.03. The molecule has 0 saturated carbocycles. The molecule has 3 rings (SSSR count). The summed E-state index contributed by atoms with van der Waals surface area (Å²) in [5.41, 5.74) is 1.81. The highest BCUT2D eigenvalue weighted by atomic mass is 19.3. The minimum Gasteiger partial charge on any atom is -0.354 e. The van der Waals surface area contributed by atoms with Crippen molar-refractivity contribution in [3.05, 3.63) is 41.2 Å². The van der Waals surface area contributed by atoms with Crippen LogP contribution in [0.5, 0.6) is 0 Å². The lowest BCUT2D eigenvalue weighted by Crippen LogP contribution is -2.51. The van der Waals surface area contributed by atoms with E-state index in [1.165, 1.54) is 0 Å². The Balaban J connectivity index is 1.91. The van der Waals surface area contributed by atoms with Gasteiger partial charge in [0.2, 0.25) is 12.3 Å². The number of hydrogen-bond donors (Lipinski definition) is 2. The summed E-state index contributed by atoms with van der Waals surface area (Å²) in [6.07, 6.45) is -0.0842. The second kappa shape index (κ2) is 6.46. The molecule has 0 aliphatic carbocycles. The third kappa shape index (κ3) is 3.36. The van der Waals surface area contributed by atoms with Crippen LogP contribution in [0.3, 0.4) is 0 Å². The molecule has 2 aromatic heterocycles. The van der Waals surface area contributed by atoms with Gasteiger partial charge in [-0.2, -0.15) is 0 Å². The maximum Gasteiger partial charge on any atom is 0.269 e. The molecule has 1 saturated heterocycles. The molecule has 1 unspecified atom stereocenters. The van der Waals surface area contributed by atoms with Crippen LogP contribution in [0.1, 0.15) is 41.4 Å². The van der Waals surface area contributed by atoms with Crippen LogP contribution in [0.25, 0.3) is 5.52 Å². The van der Waals surface area contributed by atoms with Crippen molar-refractivity contribution in [2.45, 2.75) is 45.1 Å². The molecule has 0 aromatic carbocycles. The molecular weight excluding hydrogens is 328 g/mol. The molecule has 0 spiro atoms. The lowest BCUT2D eigenvalue weighted by Gasteiger charge is -2.22. The fourth-order valence-corrected chi connectivity index (χ4v) is 3.22. The first-order valence-corrected chi connectivity index (χ1v) is 8.30. The van der Waals surface area contributed by atoms with Gasteiger partial charge in [-0.25, -0.2) is 8.78 Å². The van der Waals surface area contributed by atoms with Crippen LogP contribution >= 0.6 is 0 Å². The third-order valence-corrected chi connectivity index (χ3v) is 4.69. The highest BCUT2D eigenvalue weighted by molar-refractivity contribution is 6.00. The Morgan fingerprint density at radius 3 is 2.84 bits per heavy atom. The van der Waals surface area contributed by atoms with E-state index in [1.54, 1.807) is 23.6 Å². The lowest BCUT2D eigenvalue weighted by molar-refractivity contribution is -0.123. The van der Waals surface area contributed by atoms with Crippen LogP contribution in [-0.4, -0.2) is 34.7 Å². The van der Waals surface area contributed by atoms with Crippen LogP contribution in [0.2, 0.25) is 0 Å². The number of amides is 2. The van der Waals surface area contributed by atoms with Crippen LogP contribution in [-0.2, 0) is 11.2 Å². The highest BCUT2D eigenvalue weighted by Crippen LogP contribution is 2.21. The Kier molecular flexibility index (Phi) is 4.49. The van der Waals surface area contributed by atoms with Crippen molar-refractivity contribution in [3.8, 4) is 0 Å². The molecule has 1 fully saturated rings. The molecule has 7 heteroatoms. The smallest absolute Gasteiger partial charge is 0.269 e. The Morgan fingerprint density at radius 2 is 2.20 bits per heavy atom. The normalized spacial score (nSPS) is 20.3. The molecule has 1 aliphatic rings. The summed E-state index contributed by atoms with van der Waals surface area (Å²) in [4.78, 5) is 24.7. The molecule has 2 aromatic rings. The average molecular weight is 349 g/mol. The molecule has 0 radical (unpaired) electrons. The second-order valence-corrected chi connectivity index (χ2v) is 6.73. The number of pyridine rings is 1. The number of carbonyl (C=O) groups excluding carboxylic acids is 2. The topological polar surface area (TPSA) is 62.6 Å². The number of alkyl halides is 2. The van der Waals surface area contributed by atoms with E-state index in [0.717, 1.165) is 16.6 Å². The molecule has 3 heterocycles. The molecule has 2 amide bonds. The standard InChI is InChI=1S/C18H21F2N3O2/c1-11-9-13-5-3-12(4-6-14(19)20)10-23(13)15(11)16(24)22-18(2)7-8-21-17(18)25/h3,5,9-10,14H,4,6-8H2,1-2H3,(H,21,25)(H,22,24). The predicted molar refractivity (Wildman–Crippen MR) is 90.0 cm³/mol. The number of aromatic nitrogens is 1. The van der Waals surface area contributed by atoms with Gasteiger partial charge in [0.05, 0.1) is 0 Å². The first kappa shape index (κ1) is 17.4. The van der Waals surface area contributed by atoms with Crippen LogP contribution in [0, 0.1) is 6.92 Å². The zero-order valence-electron chi connectivity index (χ0n) is 14.2. The quantitative estimate of drug-likeness (QED) is 0.871. The van der Waals surface area contributed by atoms with Gasteiger partial charge in [-0.05, 0) is 49.9 Å². The van der Waals surface area contributed by atoms with Crippen LogP contribution < -0.4 is 10.6 Å². The van der Waals surface area contributed by atoms with Crippen molar-refractivity contribution in [1.82, 2.24) is 15.0 Å². The molecule has 1 atom stereocenters. The number of rotatable bonds is 5. The molecule has 134 valence electrons. The Bertz CT molecular complexity index is 831. The van der Waals surface area contributed by atoms with Gasteiger partial charge < -0.3 is 15.0 Å². The van der Waals surface area contributed by atoms with Crippen molar-refractivity contribution in [2.75, 3.05) is 6.54 Å². The number of nitrogens with zero attached hydrogens (tertiary/aromatic N) is 1. The lowest BCUT2D eigenvalue weighted by atomic mass is 10.0. The van der Waals surface area contributed by atoms with Gasteiger partial charge in [-0.1, -0.05) is 6.07 Å². The first-order valence-electron chi connectivity index (χ1n) is 8.30. The van der Waals surface area contributed by atoms with Crippen molar-refractivity contribution >= 4 is 17.3 Å². The summed E-state index contributed by atoms with van der Waals surface area (Å²) >= 11 is 0. The number of aryl methyl sites for hydroxylation is 2. The van der Waals surface area contributed by atoms with Crippen molar-refractivity contribution in [2.24, 2.45) is 0 Å². The summed E-state index contributed by atoms with van der Waals surface area (Å²) < 4.78 is 26.6. The van der Waals surface area contributed by atoms with Gasteiger partial charge in [0.15, 0.2) is 0 Å². The summed E-state index contributed by atoms with van der Waals surface area (Å²) in [7, 11) is 0. The van der Waals surface area contributed by atoms with Gasteiger partial charge in [0.1, 0.15) is 11.2 Å². The number of halogens is 2. The maximum atomic E-state index is 12.8. The van der Waals surface area contributed by atoms with Gasteiger partial charge in [0, 0.05) is 24.7 Å². The molecule has 0 bridgehead atoms. The Hall–Kier alpha value is -2.44. The van der Waals surface area contributed by atoms with E-state index >= 15 is 0 Å². The van der Waals surface area contributed by atoms with Gasteiger partial charge in [-0.15, -0.1) is 0 Å². The third-order valence-electron chi connectivity index (χ3n) is 4.69. The van der Waals surface area contributed by atoms with E-state index in [1.807, 2.05) is 19.1 Å². The largest absolute Gasteiger partial charge is 0.354 e. The van der Waals surface area contributed by atoms with E-state index in [2.05, 4.69) is 10.6 Å². The van der Waals surface area contributed by atoms with Crippen LogP contribution in [0.15, 0.2) is 24.4 Å². The van der Waals surface area contributed by atoms with Crippen molar-refractivity contribution < 1.29 is 18.4 Å². The fraction of sp³-hybridized carbons (Fsp3) is 0.444. The van der Waals surface area contributed by atoms with Crippen molar-refractivity contribution in [1.29, 1.82) is 0 Å². The molecule has 1 aliphatic heterocycles. The number of fused-ring (bicyclic) bond motifs is 1. The summed E-state index contributed by atoms with van der Waals surface area (Å²) in [6, 6.07) is 5.47. The Morgan fingerprint density at radius 1 is 1.44 bits per heavy atom. The monoisotopic (exact) mass is 349 g/mol. The summed E-state index contributed by atoms with van der Waals surface area (Å²) in [5.74, 6) is -0.542. The Labute approximate surface area is 144 Å². The maximum absolute atomic E-state index is 12.8. The fourth-order valence-electron chi connectivity index (χ4n) is 3.22.